The molecular formula is C18H24N2OS. The second kappa shape index (κ2) is 6.25. The van der Waals surface area contributed by atoms with Crippen molar-refractivity contribution in [2.75, 3.05) is 26.2 Å². The Morgan fingerprint density at radius 1 is 1.05 bits per heavy atom. The standard InChI is InChI=1S/C18H24N2OS/c21-18(17-13-14-5-1-4-8-16(14)22-17)20-11-9-19(10-12-20)15-6-2-3-7-15/h1,4-5,8,15,17H,2-3,6-7,9-13H2. The summed E-state index contributed by atoms with van der Waals surface area (Å²) >= 11 is 1.76. The van der Waals surface area contributed by atoms with Crippen molar-refractivity contribution in [1.82, 2.24) is 9.80 Å². The number of amides is 1. The number of fused-ring (bicyclic) bond motifs is 1. The first-order chi connectivity index (χ1) is 10.8. The number of thioether (sulfide) groups is 1. The largest absolute Gasteiger partial charge is 0.339 e. The van der Waals surface area contributed by atoms with Gasteiger partial charge in [0.25, 0.3) is 0 Å². The third kappa shape index (κ3) is 2.79. The lowest BCUT2D eigenvalue weighted by Gasteiger charge is -2.38. The molecule has 2 heterocycles. The van der Waals surface area contributed by atoms with Crippen LogP contribution in [0.1, 0.15) is 31.2 Å². The molecule has 2 fully saturated rings. The molecule has 1 unspecified atom stereocenters. The molecule has 0 N–H and O–H groups in total. The van der Waals surface area contributed by atoms with E-state index in [4.69, 9.17) is 0 Å². The summed E-state index contributed by atoms with van der Waals surface area (Å²) in [4.78, 5) is 18.8. The first kappa shape index (κ1) is 14.6. The third-order valence-corrected chi connectivity index (χ3v) is 6.69. The molecule has 3 aliphatic rings. The van der Waals surface area contributed by atoms with E-state index in [-0.39, 0.29) is 5.25 Å². The van der Waals surface area contributed by atoms with Gasteiger partial charge in [-0.1, -0.05) is 31.0 Å². The van der Waals surface area contributed by atoms with Gasteiger partial charge in [0.2, 0.25) is 5.91 Å². The topological polar surface area (TPSA) is 23.6 Å². The smallest absolute Gasteiger partial charge is 0.236 e. The van der Waals surface area contributed by atoms with E-state index in [1.807, 2.05) is 0 Å². The van der Waals surface area contributed by atoms with Gasteiger partial charge in [-0.3, -0.25) is 9.69 Å². The Morgan fingerprint density at radius 3 is 2.50 bits per heavy atom. The molecule has 0 radical (unpaired) electrons. The number of hydrogen-bond donors (Lipinski definition) is 0. The number of piperazine rings is 1. The summed E-state index contributed by atoms with van der Waals surface area (Å²) < 4.78 is 0. The zero-order chi connectivity index (χ0) is 14.9. The lowest BCUT2D eigenvalue weighted by molar-refractivity contribution is -0.132. The van der Waals surface area contributed by atoms with E-state index in [1.54, 1.807) is 11.8 Å². The fourth-order valence-electron chi connectivity index (χ4n) is 4.10. The van der Waals surface area contributed by atoms with Gasteiger partial charge in [-0.25, -0.2) is 0 Å². The quantitative estimate of drug-likeness (QED) is 0.838. The predicted octanol–water partition coefficient (Wildman–Crippen LogP) is 2.79. The Hall–Kier alpha value is -1.00. The van der Waals surface area contributed by atoms with E-state index in [0.29, 0.717) is 5.91 Å². The van der Waals surface area contributed by atoms with Crippen molar-refractivity contribution in [3.05, 3.63) is 29.8 Å². The van der Waals surface area contributed by atoms with Gasteiger partial charge >= 0.3 is 0 Å². The number of hydrogen-bond acceptors (Lipinski definition) is 3. The molecule has 3 nitrogen and oxygen atoms in total. The van der Waals surface area contributed by atoms with E-state index < -0.39 is 0 Å². The molecule has 1 atom stereocenters. The van der Waals surface area contributed by atoms with Crippen molar-refractivity contribution in [3.8, 4) is 0 Å². The van der Waals surface area contributed by atoms with E-state index in [9.17, 15) is 4.79 Å². The zero-order valence-corrected chi connectivity index (χ0v) is 13.9. The molecule has 1 amide bonds. The minimum absolute atomic E-state index is 0.107. The Labute approximate surface area is 137 Å². The highest BCUT2D eigenvalue weighted by molar-refractivity contribution is 8.01. The van der Waals surface area contributed by atoms with Crippen LogP contribution in [0.15, 0.2) is 29.2 Å². The first-order valence-electron chi connectivity index (χ1n) is 8.58. The first-order valence-corrected chi connectivity index (χ1v) is 9.46. The third-order valence-electron chi connectivity index (χ3n) is 5.39. The fraction of sp³-hybridized carbons (Fsp3) is 0.611. The average molecular weight is 316 g/mol. The van der Waals surface area contributed by atoms with Gasteiger partial charge in [0, 0.05) is 37.1 Å². The van der Waals surface area contributed by atoms with Crippen LogP contribution in [0.3, 0.4) is 0 Å². The van der Waals surface area contributed by atoms with Crippen molar-refractivity contribution >= 4 is 17.7 Å². The molecule has 1 aromatic rings. The maximum atomic E-state index is 12.8. The highest BCUT2D eigenvalue weighted by atomic mass is 32.2. The highest BCUT2D eigenvalue weighted by Gasteiger charge is 2.34. The van der Waals surface area contributed by atoms with Crippen molar-refractivity contribution < 1.29 is 4.79 Å². The van der Waals surface area contributed by atoms with E-state index in [2.05, 4.69) is 34.1 Å². The molecule has 1 aliphatic carbocycles. The van der Waals surface area contributed by atoms with Crippen LogP contribution in [0.4, 0.5) is 0 Å². The van der Waals surface area contributed by atoms with Crippen LogP contribution >= 0.6 is 11.8 Å². The summed E-state index contributed by atoms with van der Waals surface area (Å²) in [5.74, 6) is 0.354. The Morgan fingerprint density at radius 2 is 1.77 bits per heavy atom. The minimum atomic E-state index is 0.107. The molecule has 22 heavy (non-hydrogen) atoms. The Kier molecular flexibility index (Phi) is 4.14. The summed E-state index contributed by atoms with van der Waals surface area (Å²) in [5, 5.41) is 0.107. The molecule has 0 bridgehead atoms. The van der Waals surface area contributed by atoms with Crippen LogP contribution in [0, 0.1) is 0 Å². The second-order valence-corrected chi connectivity index (χ2v) is 7.96. The molecule has 0 aromatic heterocycles. The van der Waals surface area contributed by atoms with Gasteiger partial charge in [-0.15, -0.1) is 11.8 Å². The Balaban J connectivity index is 1.33. The fourth-order valence-corrected chi connectivity index (χ4v) is 5.38. The molecule has 1 saturated heterocycles. The van der Waals surface area contributed by atoms with E-state index in [1.165, 1.54) is 36.1 Å². The summed E-state index contributed by atoms with van der Waals surface area (Å²) in [6.07, 6.45) is 6.41. The molecule has 1 saturated carbocycles. The van der Waals surface area contributed by atoms with Gasteiger partial charge < -0.3 is 4.90 Å². The lowest BCUT2D eigenvalue weighted by atomic mass is 10.1. The van der Waals surface area contributed by atoms with Crippen LogP contribution in [-0.4, -0.2) is 53.2 Å². The van der Waals surface area contributed by atoms with Gasteiger partial charge in [0.05, 0.1) is 5.25 Å². The number of carbonyl (C=O) groups is 1. The van der Waals surface area contributed by atoms with Gasteiger partial charge in [-0.05, 0) is 30.9 Å². The van der Waals surface area contributed by atoms with E-state index in [0.717, 1.165) is 38.6 Å². The summed E-state index contributed by atoms with van der Waals surface area (Å²) in [6.45, 7) is 3.98. The molecule has 4 heteroatoms. The minimum Gasteiger partial charge on any atom is -0.339 e. The van der Waals surface area contributed by atoms with Crippen LogP contribution < -0.4 is 0 Å². The Bertz CT molecular complexity index is 523. The SMILES string of the molecule is O=C(C1Cc2ccccc2S1)N1CCN(C2CCCC2)CC1. The van der Waals surface area contributed by atoms with E-state index >= 15 is 0 Å². The monoisotopic (exact) mass is 316 g/mol. The summed E-state index contributed by atoms with van der Waals surface area (Å²) in [6, 6.07) is 9.24. The molecule has 2 aliphatic heterocycles. The number of carbonyl (C=O) groups excluding carboxylic acids is 1. The van der Waals surface area contributed by atoms with Crippen molar-refractivity contribution in [2.45, 2.75) is 48.3 Å². The molecule has 0 spiro atoms. The van der Waals surface area contributed by atoms with Gasteiger partial charge in [0.15, 0.2) is 0 Å². The maximum Gasteiger partial charge on any atom is 0.236 e. The highest BCUT2D eigenvalue weighted by Crippen LogP contribution is 2.37. The zero-order valence-electron chi connectivity index (χ0n) is 13.0. The van der Waals surface area contributed by atoms with Crippen molar-refractivity contribution in [1.29, 1.82) is 0 Å². The van der Waals surface area contributed by atoms with Crippen molar-refractivity contribution in [2.24, 2.45) is 0 Å². The van der Waals surface area contributed by atoms with Gasteiger partial charge in [-0.2, -0.15) is 0 Å². The summed E-state index contributed by atoms with van der Waals surface area (Å²) in [5.41, 5.74) is 1.34. The predicted molar refractivity (Wildman–Crippen MR) is 90.2 cm³/mol. The second-order valence-electron chi connectivity index (χ2n) is 6.72. The molecule has 4 rings (SSSR count). The molecule has 118 valence electrons. The lowest BCUT2D eigenvalue weighted by Crippen LogP contribution is -2.53. The van der Waals surface area contributed by atoms with Crippen LogP contribution in [-0.2, 0) is 11.2 Å². The maximum absolute atomic E-state index is 12.8. The van der Waals surface area contributed by atoms with Crippen LogP contribution in [0.25, 0.3) is 0 Å². The average Bonchev–Trinajstić information content (AvgIpc) is 3.23. The van der Waals surface area contributed by atoms with Crippen LogP contribution in [0.5, 0.6) is 0 Å². The van der Waals surface area contributed by atoms with Gasteiger partial charge in [0.1, 0.15) is 0 Å². The molecular weight excluding hydrogens is 292 g/mol. The molecule has 1 aromatic carbocycles. The van der Waals surface area contributed by atoms with Crippen LogP contribution in [0.2, 0.25) is 0 Å². The number of rotatable bonds is 2. The number of benzene rings is 1. The number of nitrogens with zero attached hydrogens (tertiary/aromatic N) is 2. The normalized spacial score (nSPS) is 26.4. The van der Waals surface area contributed by atoms with Crippen molar-refractivity contribution in [3.63, 3.8) is 0 Å². The summed E-state index contributed by atoms with van der Waals surface area (Å²) in [7, 11) is 0.